The summed E-state index contributed by atoms with van der Waals surface area (Å²) in [5.41, 5.74) is 1.93. The van der Waals surface area contributed by atoms with E-state index in [-0.39, 0.29) is 0 Å². The highest BCUT2D eigenvalue weighted by Crippen LogP contribution is 2.51. The molecule has 1 saturated carbocycles. The van der Waals surface area contributed by atoms with Gasteiger partial charge in [-0.2, -0.15) is 0 Å². The normalized spacial score (nSPS) is 18.4. The molecule has 0 spiro atoms. The number of benzene rings is 1. The van der Waals surface area contributed by atoms with Gasteiger partial charge >= 0.3 is 0 Å². The van der Waals surface area contributed by atoms with Crippen LogP contribution in [0, 0.1) is 11.3 Å². The molecule has 106 valence electrons. The summed E-state index contributed by atoms with van der Waals surface area (Å²) in [6.07, 6.45) is 3.90. The van der Waals surface area contributed by atoms with Crippen molar-refractivity contribution in [1.29, 1.82) is 0 Å². The van der Waals surface area contributed by atoms with Crippen LogP contribution in [-0.4, -0.2) is 13.7 Å². The van der Waals surface area contributed by atoms with Crippen LogP contribution in [0.2, 0.25) is 0 Å². The van der Waals surface area contributed by atoms with Crippen LogP contribution < -0.4 is 10.1 Å². The maximum atomic E-state index is 5.22. The van der Waals surface area contributed by atoms with E-state index >= 15 is 0 Å². The molecule has 0 heterocycles. The third-order valence-electron chi connectivity index (χ3n) is 4.74. The maximum Gasteiger partial charge on any atom is 0.118 e. The molecule has 1 unspecified atom stereocenters. The molecule has 19 heavy (non-hydrogen) atoms. The second-order valence-electron chi connectivity index (χ2n) is 6.13. The molecule has 0 radical (unpaired) electrons. The average Bonchev–Trinajstić information content (AvgIpc) is 3.21. The van der Waals surface area contributed by atoms with Crippen LogP contribution in [0.3, 0.4) is 0 Å². The Morgan fingerprint density at radius 2 is 1.84 bits per heavy atom. The van der Waals surface area contributed by atoms with Gasteiger partial charge in [-0.05, 0) is 48.3 Å². The van der Waals surface area contributed by atoms with Gasteiger partial charge in [0.1, 0.15) is 5.75 Å². The molecule has 1 atom stereocenters. The molecule has 1 aromatic carbocycles. The fraction of sp³-hybridized carbons (Fsp3) is 0.647. The Labute approximate surface area is 117 Å². The largest absolute Gasteiger partial charge is 0.497 e. The van der Waals surface area contributed by atoms with Crippen LogP contribution in [0.15, 0.2) is 24.3 Å². The van der Waals surface area contributed by atoms with Gasteiger partial charge in [-0.25, -0.2) is 0 Å². The minimum atomic E-state index is 0.460. The van der Waals surface area contributed by atoms with E-state index in [1.807, 2.05) is 0 Å². The first-order chi connectivity index (χ1) is 9.11. The Kier molecular flexibility index (Phi) is 4.51. The van der Waals surface area contributed by atoms with Crippen molar-refractivity contribution in [3.05, 3.63) is 29.8 Å². The predicted octanol–water partition coefficient (Wildman–Crippen LogP) is 4.17. The van der Waals surface area contributed by atoms with E-state index in [2.05, 4.69) is 50.4 Å². The second-order valence-corrected chi connectivity index (χ2v) is 6.13. The minimum absolute atomic E-state index is 0.460. The zero-order chi connectivity index (χ0) is 13.9. The summed E-state index contributed by atoms with van der Waals surface area (Å²) in [4.78, 5) is 0. The predicted molar refractivity (Wildman–Crippen MR) is 80.5 cm³/mol. The van der Waals surface area contributed by atoms with Crippen molar-refractivity contribution in [2.45, 2.75) is 46.1 Å². The topological polar surface area (TPSA) is 21.3 Å². The third-order valence-corrected chi connectivity index (χ3v) is 4.74. The molecule has 1 aliphatic carbocycles. The molecule has 2 heteroatoms. The molecule has 0 aromatic heterocycles. The van der Waals surface area contributed by atoms with Gasteiger partial charge in [0.05, 0.1) is 7.11 Å². The first kappa shape index (κ1) is 14.4. The van der Waals surface area contributed by atoms with Gasteiger partial charge in [0.25, 0.3) is 0 Å². The van der Waals surface area contributed by atoms with Crippen LogP contribution in [0.1, 0.15) is 51.6 Å². The van der Waals surface area contributed by atoms with Gasteiger partial charge in [-0.3, -0.25) is 0 Å². The Morgan fingerprint density at radius 3 is 2.26 bits per heavy atom. The molecule has 2 nitrogen and oxygen atoms in total. The number of hydrogen-bond donors (Lipinski definition) is 1. The van der Waals surface area contributed by atoms with Crippen molar-refractivity contribution in [2.75, 3.05) is 13.7 Å². The molecule has 0 amide bonds. The third kappa shape index (κ3) is 3.30. The number of nitrogens with one attached hydrogen (secondary N) is 1. The molecule has 0 aliphatic heterocycles. The van der Waals surface area contributed by atoms with Crippen molar-refractivity contribution >= 4 is 0 Å². The summed E-state index contributed by atoms with van der Waals surface area (Å²) in [7, 11) is 1.71. The Morgan fingerprint density at radius 1 is 1.21 bits per heavy atom. The lowest BCUT2D eigenvalue weighted by atomic mass is 9.91. The minimum Gasteiger partial charge on any atom is -0.497 e. The van der Waals surface area contributed by atoms with Crippen LogP contribution in [0.25, 0.3) is 0 Å². The highest BCUT2D eigenvalue weighted by Gasteiger charge is 2.44. The van der Waals surface area contributed by atoms with E-state index < -0.39 is 0 Å². The molecule has 1 N–H and O–H groups in total. The molecule has 1 aliphatic rings. The second kappa shape index (κ2) is 5.96. The monoisotopic (exact) mass is 261 g/mol. The van der Waals surface area contributed by atoms with Crippen LogP contribution in [-0.2, 0) is 0 Å². The zero-order valence-electron chi connectivity index (χ0n) is 12.7. The summed E-state index contributed by atoms with van der Waals surface area (Å²) in [6.45, 7) is 8.10. The summed E-state index contributed by atoms with van der Waals surface area (Å²) >= 11 is 0. The van der Waals surface area contributed by atoms with Crippen LogP contribution >= 0.6 is 0 Å². The molecule has 1 aromatic rings. The first-order valence-electron chi connectivity index (χ1n) is 7.48. The average molecular weight is 261 g/mol. The van der Waals surface area contributed by atoms with E-state index in [0.29, 0.717) is 11.5 Å². The molecule has 0 saturated heterocycles. The van der Waals surface area contributed by atoms with E-state index in [0.717, 1.165) is 24.6 Å². The van der Waals surface area contributed by atoms with Crippen molar-refractivity contribution in [3.8, 4) is 5.75 Å². The Bertz CT molecular complexity index is 392. The highest BCUT2D eigenvalue weighted by atomic mass is 16.5. The van der Waals surface area contributed by atoms with E-state index in [4.69, 9.17) is 4.74 Å². The number of rotatable bonds is 7. The van der Waals surface area contributed by atoms with Crippen LogP contribution in [0.5, 0.6) is 5.75 Å². The van der Waals surface area contributed by atoms with E-state index in [1.165, 1.54) is 18.4 Å². The maximum absolute atomic E-state index is 5.22. The summed E-state index contributed by atoms with van der Waals surface area (Å²) in [5.74, 6) is 1.72. The Balaban J connectivity index is 1.96. The molecule has 1 fully saturated rings. The zero-order valence-corrected chi connectivity index (χ0v) is 12.7. The molecule has 2 rings (SSSR count). The molecular weight excluding hydrogens is 234 g/mol. The Hall–Kier alpha value is -1.02. The lowest BCUT2D eigenvalue weighted by molar-refractivity contribution is 0.318. The lowest BCUT2D eigenvalue weighted by Crippen LogP contribution is -2.30. The highest BCUT2D eigenvalue weighted by molar-refractivity contribution is 5.29. The van der Waals surface area contributed by atoms with E-state index in [1.54, 1.807) is 7.11 Å². The summed E-state index contributed by atoms with van der Waals surface area (Å²) in [5, 5.41) is 3.77. The van der Waals surface area contributed by atoms with Crippen molar-refractivity contribution in [1.82, 2.24) is 5.32 Å². The van der Waals surface area contributed by atoms with Crippen molar-refractivity contribution in [3.63, 3.8) is 0 Å². The van der Waals surface area contributed by atoms with Crippen LogP contribution in [0.4, 0.5) is 0 Å². The van der Waals surface area contributed by atoms with Gasteiger partial charge in [-0.15, -0.1) is 0 Å². The fourth-order valence-electron chi connectivity index (χ4n) is 2.78. The van der Waals surface area contributed by atoms with Crippen molar-refractivity contribution < 1.29 is 4.74 Å². The van der Waals surface area contributed by atoms with Gasteiger partial charge in [-0.1, -0.05) is 32.9 Å². The van der Waals surface area contributed by atoms with Crippen molar-refractivity contribution in [2.24, 2.45) is 11.3 Å². The van der Waals surface area contributed by atoms with E-state index in [9.17, 15) is 0 Å². The smallest absolute Gasteiger partial charge is 0.118 e. The summed E-state index contributed by atoms with van der Waals surface area (Å²) < 4.78 is 5.22. The lowest BCUT2D eigenvalue weighted by Gasteiger charge is -2.25. The number of methoxy groups -OCH3 is 1. The summed E-state index contributed by atoms with van der Waals surface area (Å²) in [6, 6.07) is 8.91. The number of ether oxygens (including phenoxy) is 1. The van der Waals surface area contributed by atoms with Gasteiger partial charge in [0, 0.05) is 12.6 Å². The standard InChI is InChI=1S/C17H27NO/c1-5-16(14-6-8-15(19-4)9-7-14)18-12-17(10-11-17)13(2)3/h6-9,13,16,18H,5,10-12H2,1-4H3. The van der Waals surface area contributed by atoms with Gasteiger partial charge in [0.15, 0.2) is 0 Å². The molecular formula is C17H27NO. The molecule has 0 bridgehead atoms. The quantitative estimate of drug-likeness (QED) is 0.795. The van der Waals surface area contributed by atoms with Gasteiger partial charge in [0.2, 0.25) is 0 Å². The first-order valence-corrected chi connectivity index (χ1v) is 7.48. The fourth-order valence-corrected chi connectivity index (χ4v) is 2.78. The SMILES string of the molecule is CCC(NCC1(C(C)C)CC1)c1ccc(OC)cc1. The van der Waals surface area contributed by atoms with Gasteiger partial charge < -0.3 is 10.1 Å². The number of hydrogen-bond acceptors (Lipinski definition) is 2.